The molecular formula is C13H23N3O4. The number of amides is 1. The fourth-order valence-corrected chi connectivity index (χ4v) is 1.79. The molecule has 2 N–H and O–H groups in total. The molecule has 0 aliphatic rings. The van der Waals surface area contributed by atoms with Crippen LogP contribution in [0.4, 0.5) is 0 Å². The van der Waals surface area contributed by atoms with Crippen molar-refractivity contribution in [2.75, 3.05) is 20.3 Å². The number of methoxy groups -OCH3 is 1. The molecule has 0 radical (unpaired) electrons. The Balaban J connectivity index is 2.33. The van der Waals surface area contributed by atoms with Crippen molar-refractivity contribution >= 4 is 5.91 Å². The first kappa shape index (κ1) is 16.6. The van der Waals surface area contributed by atoms with Gasteiger partial charge in [0.05, 0.1) is 12.6 Å². The van der Waals surface area contributed by atoms with Crippen molar-refractivity contribution in [3.05, 3.63) is 11.7 Å². The Hall–Kier alpha value is -1.47. The van der Waals surface area contributed by atoms with Crippen molar-refractivity contribution in [1.29, 1.82) is 0 Å². The lowest BCUT2D eigenvalue weighted by atomic mass is 10.2. The first-order valence-corrected chi connectivity index (χ1v) is 6.90. The van der Waals surface area contributed by atoms with Crippen molar-refractivity contribution in [2.24, 2.45) is 0 Å². The van der Waals surface area contributed by atoms with E-state index in [1.165, 1.54) is 0 Å². The van der Waals surface area contributed by atoms with Crippen molar-refractivity contribution in [3.8, 4) is 0 Å². The molecule has 0 spiro atoms. The number of aryl methyl sites for hydroxylation is 2. The van der Waals surface area contributed by atoms with E-state index in [1.54, 1.807) is 7.11 Å². The van der Waals surface area contributed by atoms with Gasteiger partial charge in [0.2, 0.25) is 11.8 Å². The van der Waals surface area contributed by atoms with Gasteiger partial charge in [0.25, 0.3) is 0 Å². The molecule has 1 unspecified atom stereocenters. The number of nitrogens with zero attached hydrogens (tertiary/aromatic N) is 2. The second-order valence-electron chi connectivity index (χ2n) is 4.59. The number of rotatable bonds is 10. The number of aliphatic hydroxyl groups excluding tert-OH is 1. The third-order valence-corrected chi connectivity index (χ3v) is 2.76. The van der Waals surface area contributed by atoms with Gasteiger partial charge in [0, 0.05) is 33.0 Å². The Morgan fingerprint density at radius 3 is 2.95 bits per heavy atom. The maximum absolute atomic E-state index is 11.8. The third kappa shape index (κ3) is 6.12. The zero-order valence-corrected chi connectivity index (χ0v) is 12.1. The van der Waals surface area contributed by atoms with Gasteiger partial charge in [-0.25, -0.2) is 0 Å². The van der Waals surface area contributed by atoms with Crippen molar-refractivity contribution in [3.63, 3.8) is 0 Å². The van der Waals surface area contributed by atoms with Crippen molar-refractivity contribution in [2.45, 2.75) is 45.1 Å². The maximum atomic E-state index is 11.8. The van der Waals surface area contributed by atoms with E-state index < -0.39 is 0 Å². The molecule has 7 heteroatoms. The van der Waals surface area contributed by atoms with Gasteiger partial charge in [0.1, 0.15) is 0 Å². The average molecular weight is 285 g/mol. The molecule has 1 atom stereocenters. The summed E-state index contributed by atoms with van der Waals surface area (Å²) < 4.78 is 10.0. The predicted molar refractivity (Wildman–Crippen MR) is 72.1 cm³/mol. The summed E-state index contributed by atoms with van der Waals surface area (Å²) in [4.78, 5) is 16.0. The van der Waals surface area contributed by atoms with E-state index in [1.807, 2.05) is 6.92 Å². The molecule has 0 aliphatic carbocycles. The normalized spacial score (nSPS) is 12.3. The molecule has 1 aromatic heterocycles. The van der Waals surface area contributed by atoms with Crippen LogP contribution in [0.2, 0.25) is 0 Å². The van der Waals surface area contributed by atoms with Gasteiger partial charge in [0.15, 0.2) is 5.82 Å². The molecular weight excluding hydrogens is 262 g/mol. The molecule has 0 saturated carbocycles. The van der Waals surface area contributed by atoms with Crippen LogP contribution in [0, 0.1) is 0 Å². The maximum Gasteiger partial charge on any atom is 0.227 e. The van der Waals surface area contributed by atoms with E-state index in [0.717, 1.165) is 12.8 Å². The monoisotopic (exact) mass is 285 g/mol. The molecule has 114 valence electrons. The van der Waals surface area contributed by atoms with Gasteiger partial charge >= 0.3 is 0 Å². The van der Waals surface area contributed by atoms with Gasteiger partial charge in [-0.3, -0.25) is 4.79 Å². The van der Waals surface area contributed by atoms with Crippen LogP contribution in [0.5, 0.6) is 0 Å². The second kappa shape index (κ2) is 9.44. The zero-order valence-electron chi connectivity index (χ0n) is 12.1. The largest absolute Gasteiger partial charge is 0.396 e. The van der Waals surface area contributed by atoms with Crippen molar-refractivity contribution in [1.82, 2.24) is 15.5 Å². The van der Waals surface area contributed by atoms with Crippen LogP contribution in [0.25, 0.3) is 0 Å². The molecule has 0 aromatic carbocycles. The molecule has 0 fully saturated rings. The Kier molecular flexibility index (Phi) is 7.82. The number of aliphatic hydroxyl groups is 1. The first-order valence-electron chi connectivity index (χ1n) is 6.90. The Morgan fingerprint density at radius 1 is 1.50 bits per heavy atom. The van der Waals surface area contributed by atoms with E-state index >= 15 is 0 Å². The van der Waals surface area contributed by atoms with E-state index in [4.69, 9.17) is 14.4 Å². The summed E-state index contributed by atoms with van der Waals surface area (Å²) in [6.45, 7) is 2.44. The lowest BCUT2D eigenvalue weighted by Crippen LogP contribution is -2.38. The summed E-state index contributed by atoms with van der Waals surface area (Å²) in [5.74, 6) is 1.05. The number of hydrogen-bond acceptors (Lipinski definition) is 6. The van der Waals surface area contributed by atoms with Crippen LogP contribution in [0.15, 0.2) is 4.52 Å². The number of aromatic nitrogens is 2. The smallest absolute Gasteiger partial charge is 0.227 e. The SMILES string of the molecule is CCCc1noc(CCC(=O)NC(CCO)COC)n1. The van der Waals surface area contributed by atoms with Crippen LogP contribution < -0.4 is 5.32 Å². The highest BCUT2D eigenvalue weighted by molar-refractivity contribution is 5.76. The van der Waals surface area contributed by atoms with E-state index in [9.17, 15) is 4.79 Å². The molecule has 1 amide bonds. The average Bonchev–Trinajstić information content (AvgIpc) is 2.85. The molecule has 1 rings (SSSR count). The number of nitrogens with one attached hydrogen (secondary N) is 1. The summed E-state index contributed by atoms with van der Waals surface area (Å²) in [5, 5.41) is 15.5. The summed E-state index contributed by atoms with van der Waals surface area (Å²) in [6, 6.07) is -0.171. The van der Waals surface area contributed by atoms with Gasteiger partial charge < -0.3 is 19.7 Å². The number of carbonyl (C=O) groups is 1. The molecule has 20 heavy (non-hydrogen) atoms. The van der Waals surface area contributed by atoms with Gasteiger partial charge in [-0.15, -0.1) is 0 Å². The quantitative estimate of drug-likeness (QED) is 0.648. The molecule has 0 aliphatic heterocycles. The van der Waals surface area contributed by atoms with E-state index in [2.05, 4.69) is 15.5 Å². The molecule has 1 heterocycles. The fraction of sp³-hybridized carbons (Fsp3) is 0.769. The lowest BCUT2D eigenvalue weighted by Gasteiger charge is -2.16. The predicted octanol–water partition coefficient (Wildman–Crippen LogP) is 0.468. The van der Waals surface area contributed by atoms with E-state index in [-0.39, 0.29) is 25.0 Å². The highest BCUT2D eigenvalue weighted by atomic mass is 16.5. The minimum Gasteiger partial charge on any atom is -0.396 e. The zero-order chi connectivity index (χ0) is 14.8. The Bertz CT molecular complexity index is 389. The highest BCUT2D eigenvalue weighted by Gasteiger charge is 2.13. The van der Waals surface area contributed by atoms with Crippen LogP contribution in [-0.4, -0.2) is 47.5 Å². The van der Waals surface area contributed by atoms with E-state index in [0.29, 0.717) is 31.2 Å². The van der Waals surface area contributed by atoms with Crippen LogP contribution in [-0.2, 0) is 22.4 Å². The Labute approximate surface area is 118 Å². The van der Waals surface area contributed by atoms with Gasteiger partial charge in [-0.1, -0.05) is 12.1 Å². The number of ether oxygens (including phenoxy) is 1. The number of carbonyl (C=O) groups excluding carboxylic acids is 1. The summed E-state index contributed by atoms with van der Waals surface area (Å²) in [7, 11) is 1.56. The summed E-state index contributed by atoms with van der Waals surface area (Å²) in [6.07, 6.45) is 2.91. The van der Waals surface area contributed by atoms with Crippen LogP contribution >= 0.6 is 0 Å². The highest BCUT2D eigenvalue weighted by Crippen LogP contribution is 2.03. The topological polar surface area (TPSA) is 97.5 Å². The summed E-state index contributed by atoms with van der Waals surface area (Å²) in [5.41, 5.74) is 0. The van der Waals surface area contributed by atoms with Gasteiger partial charge in [-0.2, -0.15) is 4.98 Å². The lowest BCUT2D eigenvalue weighted by molar-refractivity contribution is -0.122. The minimum absolute atomic E-state index is 0.0122. The van der Waals surface area contributed by atoms with Crippen LogP contribution in [0.3, 0.4) is 0 Å². The molecule has 7 nitrogen and oxygen atoms in total. The fourth-order valence-electron chi connectivity index (χ4n) is 1.79. The minimum atomic E-state index is -0.171. The van der Waals surface area contributed by atoms with Crippen molar-refractivity contribution < 1.29 is 19.2 Å². The molecule has 0 bridgehead atoms. The van der Waals surface area contributed by atoms with Crippen LogP contribution in [0.1, 0.15) is 37.9 Å². The Morgan fingerprint density at radius 2 is 2.30 bits per heavy atom. The molecule has 1 aromatic rings. The number of hydrogen-bond donors (Lipinski definition) is 2. The standard InChI is InChI=1S/C13H23N3O4/c1-3-4-11-15-13(20-16-11)6-5-12(18)14-10(7-8-17)9-19-2/h10,17H,3-9H2,1-2H3,(H,14,18). The second-order valence-corrected chi connectivity index (χ2v) is 4.59. The molecule has 0 saturated heterocycles. The van der Waals surface area contributed by atoms with Gasteiger partial charge in [-0.05, 0) is 12.8 Å². The first-order chi connectivity index (χ1) is 9.69. The third-order valence-electron chi connectivity index (χ3n) is 2.76. The summed E-state index contributed by atoms with van der Waals surface area (Å²) >= 11 is 0.